The minimum Gasteiger partial charge on any atom is -0.481 e. The van der Waals surface area contributed by atoms with Crippen molar-refractivity contribution in [2.24, 2.45) is 5.73 Å². The van der Waals surface area contributed by atoms with Crippen LogP contribution in [0.3, 0.4) is 0 Å². The molecule has 0 saturated carbocycles. The van der Waals surface area contributed by atoms with E-state index in [1.165, 1.54) is 11.1 Å². The van der Waals surface area contributed by atoms with Crippen LogP contribution in [0, 0.1) is 0 Å². The average molecular weight is 248 g/mol. The zero-order valence-corrected chi connectivity index (χ0v) is 10.9. The molecule has 1 aromatic rings. The van der Waals surface area contributed by atoms with Gasteiger partial charge in [-0.3, -0.25) is 4.79 Å². The van der Waals surface area contributed by atoms with Crippen molar-refractivity contribution in [1.29, 1.82) is 0 Å². The van der Waals surface area contributed by atoms with Crippen molar-refractivity contribution >= 4 is 5.91 Å². The van der Waals surface area contributed by atoms with E-state index in [0.717, 1.165) is 18.6 Å². The van der Waals surface area contributed by atoms with E-state index in [1.807, 2.05) is 25.1 Å². The van der Waals surface area contributed by atoms with E-state index >= 15 is 0 Å². The molecule has 0 spiro atoms. The molecular weight excluding hydrogens is 228 g/mol. The highest BCUT2D eigenvalue weighted by molar-refractivity contribution is 5.80. The second kappa shape index (κ2) is 5.40. The number of nitrogens with one attached hydrogen (secondary N) is 1. The van der Waals surface area contributed by atoms with Crippen LogP contribution in [0.4, 0.5) is 0 Å². The predicted molar refractivity (Wildman–Crippen MR) is 70.5 cm³/mol. The van der Waals surface area contributed by atoms with E-state index in [4.69, 9.17) is 10.5 Å². The molecule has 98 valence electrons. The van der Waals surface area contributed by atoms with E-state index in [-0.39, 0.29) is 11.9 Å². The third kappa shape index (κ3) is 2.64. The number of carbonyl (C=O) groups is 1. The van der Waals surface area contributed by atoms with Gasteiger partial charge in [-0.2, -0.15) is 0 Å². The first-order valence-corrected chi connectivity index (χ1v) is 6.44. The maximum Gasteiger partial charge on any atom is 0.260 e. The van der Waals surface area contributed by atoms with Gasteiger partial charge in [-0.1, -0.05) is 6.07 Å². The maximum absolute atomic E-state index is 11.6. The standard InChI is InChI=1S/C14H20N2O2/c1-3-16-14(17)9(2)18-11-5-6-12-10(8-11)4-7-13(12)15/h5-6,8-9,13H,3-4,7,15H2,1-2H3,(H,16,17). The number of ether oxygens (including phenoxy) is 1. The average Bonchev–Trinajstić information content (AvgIpc) is 2.71. The Morgan fingerprint density at radius 2 is 2.39 bits per heavy atom. The topological polar surface area (TPSA) is 64.3 Å². The van der Waals surface area contributed by atoms with Crippen molar-refractivity contribution in [3.63, 3.8) is 0 Å². The van der Waals surface area contributed by atoms with Crippen LogP contribution >= 0.6 is 0 Å². The number of nitrogens with two attached hydrogens (primary N) is 1. The fourth-order valence-electron chi connectivity index (χ4n) is 2.28. The summed E-state index contributed by atoms with van der Waals surface area (Å²) in [5.41, 5.74) is 8.42. The summed E-state index contributed by atoms with van der Waals surface area (Å²) in [5.74, 6) is 0.649. The number of carbonyl (C=O) groups excluding carboxylic acids is 1. The molecular formula is C14H20N2O2. The monoisotopic (exact) mass is 248 g/mol. The van der Waals surface area contributed by atoms with E-state index in [9.17, 15) is 4.79 Å². The Balaban J connectivity index is 2.05. The molecule has 1 amide bonds. The first kappa shape index (κ1) is 12.9. The number of aryl methyl sites for hydroxylation is 1. The Kier molecular flexibility index (Phi) is 3.87. The molecule has 0 bridgehead atoms. The summed E-state index contributed by atoms with van der Waals surface area (Å²) in [4.78, 5) is 11.6. The van der Waals surface area contributed by atoms with Crippen molar-refractivity contribution in [1.82, 2.24) is 5.32 Å². The third-order valence-corrected chi connectivity index (χ3v) is 3.27. The molecule has 1 aromatic carbocycles. The van der Waals surface area contributed by atoms with Crippen molar-refractivity contribution in [2.75, 3.05) is 6.54 Å². The van der Waals surface area contributed by atoms with Crippen LogP contribution in [-0.4, -0.2) is 18.6 Å². The molecule has 1 aliphatic rings. The SMILES string of the molecule is CCNC(=O)C(C)Oc1ccc2c(c1)CCC2N. The molecule has 4 heteroatoms. The van der Waals surface area contributed by atoms with Gasteiger partial charge in [0.25, 0.3) is 5.91 Å². The van der Waals surface area contributed by atoms with Crippen LogP contribution in [0.15, 0.2) is 18.2 Å². The summed E-state index contributed by atoms with van der Waals surface area (Å²) < 4.78 is 5.64. The first-order chi connectivity index (χ1) is 8.61. The minimum absolute atomic E-state index is 0.0882. The predicted octanol–water partition coefficient (Wildman–Crippen LogP) is 1.54. The molecule has 2 atom stereocenters. The third-order valence-electron chi connectivity index (χ3n) is 3.27. The Morgan fingerprint density at radius 1 is 1.61 bits per heavy atom. The van der Waals surface area contributed by atoms with Gasteiger partial charge >= 0.3 is 0 Å². The highest BCUT2D eigenvalue weighted by Gasteiger charge is 2.20. The number of amides is 1. The Labute approximate surface area is 108 Å². The van der Waals surface area contributed by atoms with Gasteiger partial charge in [0.1, 0.15) is 5.75 Å². The molecule has 4 nitrogen and oxygen atoms in total. The van der Waals surface area contributed by atoms with Crippen molar-refractivity contribution < 1.29 is 9.53 Å². The van der Waals surface area contributed by atoms with Crippen LogP contribution in [0.2, 0.25) is 0 Å². The van der Waals surface area contributed by atoms with Crippen LogP contribution in [-0.2, 0) is 11.2 Å². The smallest absolute Gasteiger partial charge is 0.260 e. The summed E-state index contributed by atoms with van der Waals surface area (Å²) in [6, 6.07) is 6.04. The lowest BCUT2D eigenvalue weighted by Gasteiger charge is -2.15. The first-order valence-electron chi connectivity index (χ1n) is 6.44. The lowest BCUT2D eigenvalue weighted by Crippen LogP contribution is -2.36. The normalized spacial score (nSPS) is 19.2. The lowest BCUT2D eigenvalue weighted by molar-refractivity contribution is -0.127. The van der Waals surface area contributed by atoms with E-state index in [1.54, 1.807) is 6.92 Å². The Morgan fingerprint density at radius 3 is 3.11 bits per heavy atom. The molecule has 0 radical (unpaired) electrons. The summed E-state index contributed by atoms with van der Waals surface area (Å²) in [6.07, 6.45) is 1.51. The second-order valence-corrected chi connectivity index (χ2v) is 4.66. The van der Waals surface area contributed by atoms with Crippen molar-refractivity contribution in [3.8, 4) is 5.75 Å². The largest absolute Gasteiger partial charge is 0.481 e. The van der Waals surface area contributed by atoms with E-state index < -0.39 is 6.10 Å². The summed E-state index contributed by atoms with van der Waals surface area (Å²) >= 11 is 0. The fourth-order valence-corrected chi connectivity index (χ4v) is 2.28. The number of hydrogen-bond donors (Lipinski definition) is 2. The number of likely N-dealkylation sites (N-methyl/N-ethyl adjacent to an activating group) is 1. The van der Waals surface area contributed by atoms with Crippen molar-refractivity contribution in [2.45, 2.75) is 38.8 Å². The molecule has 18 heavy (non-hydrogen) atoms. The van der Waals surface area contributed by atoms with Gasteiger partial charge in [-0.25, -0.2) is 0 Å². The maximum atomic E-state index is 11.6. The fraction of sp³-hybridized carbons (Fsp3) is 0.500. The molecule has 0 saturated heterocycles. The van der Waals surface area contributed by atoms with Gasteiger partial charge in [0.2, 0.25) is 0 Å². The van der Waals surface area contributed by atoms with Crippen LogP contribution in [0.25, 0.3) is 0 Å². The minimum atomic E-state index is -0.474. The number of fused-ring (bicyclic) bond motifs is 1. The summed E-state index contributed by atoms with van der Waals surface area (Å²) in [6.45, 7) is 4.26. The molecule has 1 aliphatic carbocycles. The van der Waals surface area contributed by atoms with Crippen molar-refractivity contribution in [3.05, 3.63) is 29.3 Å². The van der Waals surface area contributed by atoms with Crippen LogP contribution < -0.4 is 15.8 Å². The number of benzene rings is 1. The number of hydrogen-bond acceptors (Lipinski definition) is 3. The molecule has 3 N–H and O–H groups in total. The molecule has 0 aliphatic heterocycles. The quantitative estimate of drug-likeness (QED) is 0.849. The van der Waals surface area contributed by atoms with E-state index in [2.05, 4.69) is 5.32 Å². The number of rotatable bonds is 4. The summed E-state index contributed by atoms with van der Waals surface area (Å²) in [7, 11) is 0. The summed E-state index contributed by atoms with van der Waals surface area (Å²) in [5, 5.41) is 2.74. The molecule has 2 unspecified atom stereocenters. The van der Waals surface area contributed by atoms with Gasteiger partial charge < -0.3 is 15.8 Å². The molecule has 0 heterocycles. The van der Waals surface area contributed by atoms with Crippen LogP contribution in [0.1, 0.15) is 37.4 Å². The Hall–Kier alpha value is -1.55. The molecule has 0 aromatic heterocycles. The van der Waals surface area contributed by atoms with Gasteiger partial charge in [-0.15, -0.1) is 0 Å². The Bertz CT molecular complexity index is 445. The lowest BCUT2D eigenvalue weighted by atomic mass is 10.1. The highest BCUT2D eigenvalue weighted by atomic mass is 16.5. The van der Waals surface area contributed by atoms with E-state index in [0.29, 0.717) is 6.54 Å². The van der Waals surface area contributed by atoms with Gasteiger partial charge in [0, 0.05) is 12.6 Å². The zero-order valence-electron chi connectivity index (χ0n) is 10.9. The van der Waals surface area contributed by atoms with Gasteiger partial charge in [0.15, 0.2) is 6.10 Å². The molecule has 0 fully saturated rings. The van der Waals surface area contributed by atoms with Gasteiger partial charge in [0.05, 0.1) is 0 Å². The zero-order chi connectivity index (χ0) is 13.1. The molecule has 2 rings (SSSR count). The van der Waals surface area contributed by atoms with Gasteiger partial charge in [-0.05, 0) is 49.9 Å². The highest BCUT2D eigenvalue weighted by Crippen LogP contribution is 2.32. The second-order valence-electron chi connectivity index (χ2n) is 4.66. The van der Waals surface area contributed by atoms with Crippen LogP contribution in [0.5, 0.6) is 5.75 Å².